The number of aromatic amines is 1. The molecule has 0 bridgehead atoms. The molecule has 7 aliphatic heterocycles. The van der Waals surface area contributed by atoms with Crippen LogP contribution in [0.25, 0.3) is 11.0 Å². The van der Waals surface area contributed by atoms with Gasteiger partial charge >= 0.3 is 5.51 Å². The summed E-state index contributed by atoms with van der Waals surface area (Å²) in [6.45, 7) is 13.3. The van der Waals surface area contributed by atoms with Gasteiger partial charge < -0.3 is 43.8 Å². The molecule has 4 saturated heterocycles. The van der Waals surface area contributed by atoms with E-state index in [4.69, 9.17) is 28.7 Å². The Balaban J connectivity index is 0.726. The number of anilines is 4. The summed E-state index contributed by atoms with van der Waals surface area (Å²) >= 11 is 0. The number of nitro groups is 1. The van der Waals surface area contributed by atoms with Gasteiger partial charge in [0.15, 0.2) is 17.2 Å². The zero-order valence-corrected chi connectivity index (χ0v) is 52.6. The molecule has 0 unspecified atom stereocenters. The highest BCUT2D eigenvalue weighted by molar-refractivity contribution is 7.92. The number of pyridine rings is 2. The van der Waals surface area contributed by atoms with Crippen LogP contribution in [0.4, 0.5) is 41.6 Å². The highest BCUT2D eigenvalue weighted by Gasteiger charge is 2.54. The molecule has 1 amide bonds. The number of carbonyl (C=O) groups is 1. The maximum Gasteiger partial charge on any atom is 0.503 e. The van der Waals surface area contributed by atoms with E-state index in [1.807, 2.05) is 62.1 Å². The summed E-state index contributed by atoms with van der Waals surface area (Å²) in [4.78, 5) is 47.8. The minimum absolute atomic E-state index is 0.00878. The predicted molar refractivity (Wildman–Crippen MR) is 331 cm³/mol. The van der Waals surface area contributed by atoms with Crippen molar-refractivity contribution in [2.75, 3.05) is 87.5 Å². The van der Waals surface area contributed by atoms with Crippen molar-refractivity contribution in [3.05, 3.63) is 117 Å². The lowest BCUT2D eigenvalue weighted by molar-refractivity contribution is -0.384. The molecular weight excluding hydrogens is 1220 g/mol. The summed E-state index contributed by atoms with van der Waals surface area (Å²) in [5.74, 6) is -0.825. The van der Waals surface area contributed by atoms with Gasteiger partial charge in [0.05, 0.1) is 46.4 Å². The van der Waals surface area contributed by atoms with Crippen molar-refractivity contribution in [3.8, 4) is 17.4 Å². The van der Waals surface area contributed by atoms with Crippen LogP contribution in [-0.2, 0) is 34.7 Å². The van der Waals surface area contributed by atoms with Crippen molar-refractivity contribution in [2.45, 2.75) is 136 Å². The Bertz CT molecular complexity index is 4090. The van der Waals surface area contributed by atoms with E-state index < -0.39 is 63.3 Å². The van der Waals surface area contributed by atoms with Gasteiger partial charge in [-0.05, 0) is 129 Å². The lowest BCUT2D eigenvalue weighted by Crippen LogP contribution is -2.60. The second-order valence-corrected chi connectivity index (χ2v) is 29.9. The van der Waals surface area contributed by atoms with Gasteiger partial charge in [-0.2, -0.15) is 18.2 Å². The van der Waals surface area contributed by atoms with E-state index in [1.54, 1.807) is 12.3 Å². The predicted octanol–water partition coefficient (Wildman–Crippen LogP) is 9.80. The largest absolute Gasteiger partial charge is 0.503 e. The SMILES string of the molecule is Cc1ccccc1[C@@H]1CN([C@@H](C)c2cnc(S(=O)(=O)C(F)(F)F)c3c2C(C)(C)CCO3)CCN1C1CC2(CCN(c3ccc(C(=O)NS(=O)(=O)c4cc5c(c([N+](=O)[O-])c4)N[C@H](C4CCOCC4)CO5)c(N4c5cc6cc[nH]c6nc5O[C@H]5COCC[C@@H]54)c3)CC2)C1. The molecule has 1 spiro atoms. The summed E-state index contributed by atoms with van der Waals surface area (Å²) in [6.07, 6.45) is 8.78. The Morgan fingerprint density at radius 1 is 0.890 bits per heavy atom. The fourth-order valence-corrected chi connectivity index (χ4v) is 17.4. The number of piperazine rings is 1. The van der Waals surface area contributed by atoms with Gasteiger partial charge in [0.2, 0.25) is 10.9 Å². The number of aromatic nitrogens is 3. The first-order valence-corrected chi connectivity index (χ1v) is 34.2. The minimum Gasteiger partial charge on any atom is -0.490 e. The van der Waals surface area contributed by atoms with Gasteiger partial charge in [-0.3, -0.25) is 24.7 Å². The Morgan fingerprint density at radius 2 is 1.66 bits per heavy atom. The molecular formula is C64H73F3N10O12S2. The number of piperidine rings is 1. The number of nitrogens with zero attached hydrogens (tertiary/aromatic N) is 7. The third kappa shape index (κ3) is 11.0. The molecule has 91 heavy (non-hydrogen) atoms. The van der Waals surface area contributed by atoms with Crippen LogP contribution in [0, 0.1) is 28.4 Å². The average molecular weight is 1300 g/mol. The summed E-state index contributed by atoms with van der Waals surface area (Å²) in [5, 5.41) is 15.6. The number of alkyl halides is 3. The van der Waals surface area contributed by atoms with Crippen LogP contribution < -0.4 is 34.0 Å². The van der Waals surface area contributed by atoms with Crippen molar-refractivity contribution in [1.29, 1.82) is 0 Å². The number of ether oxygens (including phenoxy) is 5. The van der Waals surface area contributed by atoms with Crippen LogP contribution in [-0.4, -0.2) is 155 Å². The number of rotatable bonds is 12. The summed E-state index contributed by atoms with van der Waals surface area (Å²) in [5.41, 5.74) is -0.721. The van der Waals surface area contributed by atoms with Crippen molar-refractivity contribution in [2.24, 2.45) is 11.3 Å². The standard InChI is InChI=1S/C64H73F3N10O12S2/c1-37-7-5-6-8-44(37)52-34-74(38(2)46-33-69-61(90(81,82)64(65,66)67)57-55(46)62(3,4)17-26-87-57)21-22-75(52)42-31-63(32-42)15-19-73(20-16-63)41-9-10-45(49(28-41)76-48-14-25-86-36-54(48)89-60-51(76)27-40-11-18-68-58(40)71-60)59(78)72-91(83,84)43-29-50(77(79)80)56-53(30-43)88-35-47(70-56)39-12-23-85-24-13-39/h5-11,18,27-30,33,38-39,42,47-48,52,54,70H,12-17,19-26,31-32,34-36H2,1-4H3,(H,68,71)(H,72,78)/t38-,47-,48-,52-,54-/m0/s1. The van der Waals surface area contributed by atoms with Crippen LogP contribution in [0.5, 0.6) is 17.4 Å². The fourth-order valence-electron chi connectivity index (χ4n) is 15.5. The van der Waals surface area contributed by atoms with Crippen LogP contribution in [0.2, 0.25) is 0 Å². The number of aryl methyl sites for hydroxylation is 1. The quantitative estimate of drug-likeness (QED) is 0.0761. The topological polar surface area (TPSA) is 253 Å². The number of carbonyl (C=O) groups excluding carboxylic acids is 1. The lowest BCUT2D eigenvalue weighted by atomic mass is 9.59. The molecule has 5 fully saturated rings. The first-order valence-electron chi connectivity index (χ1n) is 31.3. The molecule has 22 nitrogen and oxygen atoms in total. The lowest BCUT2D eigenvalue weighted by Gasteiger charge is -2.58. The molecule has 3 aromatic heterocycles. The number of amides is 1. The molecule has 1 aliphatic carbocycles. The van der Waals surface area contributed by atoms with Crippen LogP contribution in [0.15, 0.2) is 89.0 Å². The van der Waals surface area contributed by atoms with Crippen LogP contribution >= 0.6 is 0 Å². The smallest absolute Gasteiger partial charge is 0.490 e. The van der Waals surface area contributed by atoms with E-state index in [-0.39, 0.29) is 84.1 Å². The van der Waals surface area contributed by atoms with Gasteiger partial charge in [0.25, 0.3) is 31.5 Å². The number of benzene rings is 3. The average Bonchev–Trinajstić information content (AvgIpc) is 0.977. The van der Waals surface area contributed by atoms with Gasteiger partial charge in [-0.15, -0.1) is 0 Å². The number of sulfonamides is 1. The molecule has 1 saturated carbocycles. The molecule has 6 aromatic rings. The molecule has 3 aromatic carbocycles. The van der Waals surface area contributed by atoms with E-state index in [0.29, 0.717) is 92.9 Å². The normalized spacial score (nSPS) is 24.1. The summed E-state index contributed by atoms with van der Waals surface area (Å²) < 4.78 is 129. The molecule has 27 heteroatoms. The van der Waals surface area contributed by atoms with Crippen molar-refractivity contribution < 1.29 is 63.4 Å². The maximum absolute atomic E-state index is 15.0. The summed E-state index contributed by atoms with van der Waals surface area (Å²) in [6, 6.07) is 19.1. The van der Waals surface area contributed by atoms with Crippen molar-refractivity contribution in [3.63, 3.8) is 0 Å². The highest BCUT2D eigenvalue weighted by atomic mass is 32.2. The zero-order valence-electron chi connectivity index (χ0n) is 51.0. The Morgan fingerprint density at radius 3 is 2.42 bits per heavy atom. The zero-order chi connectivity index (χ0) is 63.5. The molecule has 8 aliphatic rings. The van der Waals surface area contributed by atoms with Gasteiger partial charge in [-0.25, -0.2) is 26.5 Å². The number of sulfone groups is 1. The first-order chi connectivity index (χ1) is 43.5. The maximum atomic E-state index is 15.0. The molecule has 3 N–H and O–H groups in total. The second-order valence-electron chi connectivity index (χ2n) is 26.4. The van der Waals surface area contributed by atoms with Crippen LogP contribution in [0.1, 0.15) is 117 Å². The van der Waals surface area contributed by atoms with E-state index in [2.05, 4.69) is 53.8 Å². The molecule has 484 valence electrons. The monoisotopic (exact) mass is 1290 g/mol. The van der Waals surface area contributed by atoms with E-state index in [0.717, 1.165) is 67.8 Å². The number of hydrogen-bond acceptors (Lipinski definition) is 19. The molecule has 10 heterocycles. The van der Waals surface area contributed by atoms with Gasteiger partial charge in [0.1, 0.15) is 24.0 Å². The Hall–Kier alpha value is -7.30. The minimum atomic E-state index is -5.80. The highest BCUT2D eigenvalue weighted by Crippen LogP contribution is 2.55. The molecule has 0 radical (unpaired) electrons. The number of nitro benzene ring substituents is 1. The van der Waals surface area contributed by atoms with E-state index >= 15 is 0 Å². The van der Waals surface area contributed by atoms with E-state index in [9.17, 15) is 44.9 Å². The number of fused-ring (bicyclic) bond motifs is 5. The fraction of sp³-hybridized carbons (Fsp3) is 0.516. The molecule has 14 rings (SSSR count). The van der Waals surface area contributed by atoms with Crippen molar-refractivity contribution >= 4 is 65.2 Å². The third-order valence-corrected chi connectivity index (χ3v) is 23.4. The van der Waals surface area contributed by atoms with E-state index in [1.165, 1.54) is 17.8 Å². The van der Waals surface area contributed by atoms with Gasteiger partial charge in [-0.1, -0.05) is 38.1 Å². The number of nitrogens with one attached hydrogen (secondary N) is 3. The summed E-state index contributed by atoms with van der Waals surface area (Å²) in [7, 11) is -10.6. The molecule has 5 atom stereocenters. The Kier molecular flexibility index (Phi) is 15.5. The number of H-pyrrole nitrogens is 1. The first kappa shape index (κ1) is 61.2. The number of hydrogen-bond donors (Lipinski definition) is 3. The number of halogens is 3. The third-order valence-electron chi connectivity index (χ3n) is 20.7. The van der Waals surface area contributed by atoms with Crippen LogP contribution in [0.3, 0.4) is 0 Å². The van der Waals surface area contributed by atoms with Gasteiger partial charge in [0, 0.05) is 112 Å². The second kappa shape index (κ2) is 23.1. The van der Waals surface area contributed by atoms with Crippen molar-refractivity contribution in [1.82, 2.24) is 29.5 Å². The Labute approximate surface area is 525 Å².